The molecule has 0 atom stereocenters. The summed E-state index contributed by atoms with van der Waals surface area (Å²) >= 11 is 0. The highest BCUT2D eigenvalue weighted by atomic mass is 14.7. The van der Waals surface area contributed by atoms with Crippen LogP contribution >= 0.6 is 0 Å². The molecule has 0 fully saturated rings. The predicted octanol–water partition coefficient (Wildman–Crippen LogP) is 1.92. The first-order valence-corrected chi connectivity index (χ1v) is 2.74. The second-order valence-electron chi connectivity index (χ2n) is 1.84. The summed E-state index contributed by atoms with van der Waals surface area (Å²) in [6.07, 6.45) is 8.90. The highest BCUT2D eigenvalue weighted by Gasteiger charge is 1.81. The molecule has 0 aromatic heterocycles. The van der Waals surface area contributed by atoms with E-state index in [1.807, 2.05) is 19.3 Å². The predicted molar refractivity (Wildman–Crippen MR) is 36.0 cm³/mol. The molecule has 0 radical (unpaired) electrons. The lowest BCUT2D eigenvalue weighted by Crippen LogP contribution is -1.61. The third-order valence-electron chi connectivity index (χ3n) is 1.01. The quantitative estimate of drug-likeness (QED) is 0.448. The number of hydrogen-bond acceptors (Lipinski definition) is 1. The van der Waals surface area contributed by atoms with Gasteiger partial charge in [-0.25, -0.2) is 0 Å². The summed E-state index contributed by atoms with van der Waals surface area (Å²) in [5, 5.41) is 0. The molecule has 1 aliphatic rings. The number of nitrogens with zero attached hydrogens (tertiary/aromatic N) is 1. The summed E-state index contributed by atoms with van der Waals surface area (Å²) in [6.45, 7) is 2.04. The fraction of sp³-hybridized carbons (Fsp3) is 0.286. The second kappa shape index (κ2) is 2.46. The van der Waals surface area contributed by atoms with Crippen LogP contribution in [0, 0.1) is 0 Å². The summed E-state index contributed by atoms with van der Waals surface area (Å²) in [4.78, 5) is 4.00. The van der Waals surface area contributed by atoms with Crippen LogP contribution in [0.25, 0.3) is 0 Å². The van der Waals surface area contributed by atoms with Crippen LogP contribution in [0.15, 0.2) is 28.9 Å². The number of allylic oxidation sites excluding steroid dienone is 3. The Bertz CT molecular complexity index is 152. The van der Waals surface area contributed by atoms with Gasteiger partial charge < -0.3 is 0 Å². The zero-order valence-electron chi connectivity index (χ0n) is 4.96. The minimum Gasteiger partial charge on any atom is -0.268 e. The van der Waals surface area contributed by atoms with Gasteiger partial charge in [0.1, 0.15) is 0 Å². The molecule has 0 unspecified atom stereocenters. The summed E-state index contributed by atoms with van der Waals surface area (Å²) in [7, 11) is 0. The standard InChI is InChI=1S/C7H9N/c1-7-4-2-3-5-8-6-7/h2,4-6H,3H2,1H3. The lowest BCUT2D eigenvalue weighted by Gasteiger charge is -1.80. The van der Waals surface area contributed by atoms with Gasteiger partial charge in [-0.05, 0) is 12.5 Å². The smallest absolute Gasteiger partial charge is 0.0293 e. The highest BCUT2D eigenvalue weighted by Crippen LogP contribution is 1.98. The Balaban J connectivity index is 2.73. The lowest BCUT2D eigenvalue weighted by atomic mass is 10.3. The fourth-order valence-electron chi connectivity index (χ4n) is 0.589. The van der Waals surface area contributed by atoms with Crippen LogP contribution in [0.5, 0.6) is 0 Å². The first-order valence-electron chi connectivity index (χ1n) is 2.74. The van der Waals surface area contributed by atoms with Crippen LogP contribution in [-0.2, 0) is 0 Å². The molecule has 1 nitrogen and oxygen atoms in total. The van der Waals surface area contributed by atoms with Gasteiger partial charge >= 0.3 is 0 Å². The Morgan fingerprint density at radius 2 is 2.50 bits per heavy atom. The third kappa shape index (κ3) is 1.34. The topological polar surface area (TPSA) is 12.4 Å². The minimum atomic E-state index is 0.966. The molecule has 0 saturated carbocycles. The van der Waals surface area contributed by atoms with E-state index in [9.17, 15) is 0 Å². The van der Waals surface area contributed by atoms with Crippen molar-refractivity contribution in [3.05, 3.63) is 23.9 Å². The molecule has 8 heavy (non-hydrogen) atoms. The molecule has 0 aromatic rings. The van der Waals surface area contributed by atoms with Gasteiger partial charge in [-0.2, -0.15) is 0 Å². The molecule has 0 aromatic carbocycles. The molecule has 1 heteroatoms. The zero-order valence-corrected chi connectivity index (χ0v) is 4.96. The first kappa shape index (κ1) is 5.29. The summed E-state index contributed by atoms with van der Waals surface area (Å²) in [5.74, 6) is 0. The molecule has 0 N–H and O–H groups in total. The third-order valence-corrected chi connectivity index (χ3v) is 1.01. The Kier molecular flexibility index (Phi) is 1.62. The van der Waals surface area contributed by atoms with Gasteiger partial charge in [-0.1, -0.05) is 12.2 Å². The van der Waals surface area contributed by atoms with E-state index in [0.29, 0.717) is 0 Å². The van der Waals surface area contributed by atoms with Gasteiger partial charge in [0.05, 0.1) is 0 Å². The maximum Gasteiger partial charge on any atom is 0.0293 e. The van der Waals surface area contributed by atoms with E-state index in [-0.39, 0.29) is 0 Å². The largest absolute Gasteiger partial charge is 0.268 e. The Morgan fingerprint density at radius 3 is 3.38 bits per heavy atom. The molecule has 1 aliphatic heterocycles. The van der Waals surface area contributed by atoms with Crippen molar-refractivity contribution < 1.29 is 0 Å². The molecular weight excluding hydrogens is 98.1 g/mol. The van der Waals surface area contributed by atoms with Crippen molar-refractivity contribution in [2.75, 3.05) is 0 Å². The Hall–Kier alpha value is -0.850. The number of hydrogen-bond donors (Lipinski definition) is 0. The van der Waals surface area contributed by atoms with Crippen LogP contribution in [0.1, 0.15) is 13.3 Å². The van der Waals surface area contributed by atoms with Crippen LogP contribution in [0.3, 0.4) is 0 Å². The van der Waals surface area contributed by atoms with Crippen molar-refractivity contribution in [1.82, 2.24) is 0 Å². The van der Waals surface area contributed by atoms with E-state index in [4.69, 9.17) is 0 Å². The second-order valence-corrected chi connectivity index (χ2v) is 1.84. The Morgan fingerprint density at radius 1 is 1.62 bits per heavy atom. The van der Waals surface area contributed by atoms with Crippen LogP contribution in [0.2, 0.25) is 0 Å². The average Bonchev–Trinajstić information content (AvgIpc) is 1.94. The molecule has 0 aliphatic carbocycles. The number of aliphatic imine (C=N–C) groups is 1. The SMILES string of the molecule is CC1=CN=CCC=C1. The van der Waals surface area contributed by atoms with Gasteiger partial charge in [0, 0.05) is 18.8 Å². The monoisotopic (exact) mass is 107 g/mol. The summed E-state index contributed by atoms with van der Waals surface area (Å²) < 4.78 is 0. The summed E-state index contributed by atoms with van der Waals surface area (Å²) in [6, 6.07) is 0. The van der Waals surface area contributed by atoms with Gasteiger partial charge in [-0.3, -0.25) is 4.99 Å². The van der Waals surface area contributed by atoms with Crippen molar-refractivity contribution in [1.29, 1.82) is 0 Å². The van der Waals surface area contributed by atoms with Crippen molar-refractivity contribution >= 4 is 6.21 Å². The Labute approximate surface area is 49.4 Å². The highest BCUT2D eigenvalue weighted by molar-refractivity contribution is 5.61. The van der Waals surface area contributed by atoms with Gasteiger partial charge in [0.15, 0.2) is 0 Å². The van der Waals surface area contributed by atoms with E-state index < -0.39 is 0 Å². The van der Waals surface area contributed by atoms with Crippen LogP contribution in [0.4, 0.5) is 0 Å². The zero-order chi connectivity index (χ0) is 5.82. The van der Waals surface area contributed by atoms with Gasteiger partial charge in [0.25, 0.3) is 0 Å². The first-order chi connectivity index (χ1) is 3.89. The molecule has 1 heterocycles. The van der Waals surface area contributed by atoms with Gasteiger partial charge in [0.2, 0.25) is 0 Å². The van der Waals surface area contributed by atoms with Gasteiger partial charge in [-0.15, -0.1) is 0 Å². The van der Waals surface area contributed by atoms with Crippen LogP contribution < -0.4 is 0 Å². The average molecular weight is 107 g/mol. The molecule has 0 amide bonds. The molecule has 42 valence electrons. The van der Waals surface area contributed by atoms with Crippen molar-refractivity contribution in [3.63, 3.8) is 0 Å². The molecule has 0 bridgehead atoms. The fourth-order valence-corrected chi connectivity index (χ4v) is 0.589. The minimum absolute atomic E-state index is 0.966. The molecule has 0 saturated heterocycles. The van der Waals surface area contributed by atoms with E-state index in [2.05, 4.69) is 17.1 Å². The van der Waals surface area contributed by atoms with Crippen molar-refractivity contribution in [2.24, 2.45) is 4.99 Å². The molecular formula is C7H9N. The van der Waals surface area contributed by atoms with E-state index in [1.165, 1.54) is 5.57 Å². The van der Waals surface area contributed by atoms with Crippen molar-refractivity contribution in [2.45, 2.75) is 13.3 Å². The lowest BCUT2D eigenvalue weighted by molar-refractivity contribution is 1.45. The maximum atomic E-state index is 4.00. The van der Waals surface area contributed by atoms with E-state index >= 15 is 0 Å². The maximum absolute atomic E-state index is 4.00. The molecule has 1 rings (SSSR count). The normalized spacial score (nSPS) is 17.9. The van der Waals surface area contributed by atoms with E-state index in [0.717, 1.165) is 6.42 Å². The van der Waals surface area contributed by atoms with E-state index in [1.54, 1.807) is 0 Å². The van der Waals surface area contributed by atoms with Crippen molar-refractivity contribution in [3.8, 4) is 0 Å². The number of rotatable bonds is 0. The molecule has 0 spiro atoms. The van der Waals surface area contributed by atoms with Crippen LogP contribution in [-0.4, -0.2) is 6.21 Å². The summed E-state index contributed by atoms with van der Waals surface area (Å²) in [5.41, 5.74) is 1.22.